The van der Waals surface area contributed by atoms with Crippen LogP contribution in [0, 0.1) is 13.8 Å². The first-order valence-electron chi connectivity index (χ1n) is 9.92. The first-order valence-corrected chi connectivity index (χ1v) is 11.4. The van der Waals surface area contributed by atoms with Gasteiger partial charge in [0.2, 0.25) is 0 Å². The van der Waals surface area contributed by atoms with Crippen molar-refractivity contribution in [2.24, 2.45) is 0 Å². The zero-order valence-electron chi connectivity index (χ0n) is 17.8. The minimum atomic E-state index is -3.71. The van der Waals surface area contributed by atoms with Crippen molar-refractivity contribution in [3.05, 3.63) is 89.5 Å². The smallest absolute Gasteiger partial charge is 0.264 e. The van der Waals surface area contributed by atoms with Gasteiger partial charge in [-0.15, -0.1) is 0 Å². The second kappa shape index (κ2) is 9.66. The van der Waals surface area contributed by atoms with E-state index in [9.17, 15) is 13.2 Å². The van der Waals surface area contributed by atoms with Crippen LogP contribution in [-0.2, 0) is 10.0 Å². The molecule has 0 heterocycles. The van der Waals surface area contributed by atoms with Crippen LogP contribution >= 0.6 is 0 Å². The van der Waals surface area contributed by atoms with E-state index >= 15 is 0 Å². The zero-order chi connectivity index (χ0) is 22.4. The molecular weight excluding hydrogens is 412 g/mol. The second-order valence-electron chi connectivity index (χ2n) is 7.14. The Hall–Kier alpha value is -3.32. The molecule has 0 unspecified atom stereocenters. The van der Waals surface area contributed by atoms with Crippen LogP contribution in [0.25, 0.3) is 0 Å². The lowest BCUT2D eigenvalue weighted by molar-refractivity contribution is 0.0947. The molecule has 0 saturated heterocycles. The van der Waals surface area contributed by atoms with Crippen molar-refractivity contribution in [3.63, 3.8) is 0 Å². The van der Waals surface area contributed by atoms with Crippen LogP contribution in [0.2, 0.25) is 0 Å². The summed E-state index contributed by atoms with van der Waals surface area (Å²) in [5.41, 5.74) is 3.00. The number of nitrogens with zero attached hydrogens (tertiary/aromatic N) is 1. The van der Waals surface area contributed by atoms with Crippen molar-refractivity contribution < 1.29 is 17.9 Å². The number of aryl methyl sites for hydroxylation is 1. The molecule has 162 valence electrons. The number of rotatable bonds is 8. The fraction of sp³-hybridized carbons (Fsp3) is 0.208. The number of carbonyl (C=O) groups excluding carboxylic acids is 1. The predicted molar refractivity (Wildman–Crippen MR) is 122 cm³/mol. The Morgan fingerprint density at radius 1 is 0.968 bits per heavy atom. The average molecular weight is 439 g/mol. The van der Waals surface area contributed by atoms with Gasteiger partial charge < -0.3 is 10.1 Å². The molecule has 0 atom stereocenters. The van der Waals surface area contributed by atoms with E-state index in [1.807, 2.05) is 32.0 Å². The summed E-state index contributed by atoms with van der Waals surface area (Å²) in [7, 11) is -2.24. The molecule has 1 amide bonds. The molecule has 0 aliphatic rings. The molecule has 0 spiro atoms. The normalized spacial score (nSPS) is 11.1. The highest BCUT2D eigenvalue weighted by Crippen LogP contribution is 2.23. The van der Waals surface area contributed by atoms with Crippen LogP contribution in [-0.4, -0.2) is 34.5 Å². The van der Waals surface area contributed by atoms with Gasteiger partial charge in [0.15, 0.2) is 0 Å². The summed E-state index contributed by atoms with van der Waals surface area (Å²) in [4.78, 5) is 12.7. The van der Waals surface area contributed by atoms with Gasteiger partial charge in [0, 0.05) is 12.6 Å². The molecule has 3 aromatic rings. The van der Waals surface area contributed by atoms with Crippen molar-refractivity contribution in [1.82, 2.24) is 5.32 Å². The van der Waals surface area contributed by atoms with Gasteiger partial charge in [-0.25, -0.2) is 8.42 Å². The molecule has 6 nitrogen and oxygen atoms in total. The third-order valence-corrected chi connectivity index (χ3v) is 6.87. The number of ether oxygens (including phenoxy) is 1. The summed E-state index contributed by atoms with van der Waals surface area (Å²) in [6.07, 6.45) is 0. The molecular formula is C24H26N2O4S. The summed E-state index contributed by atoms with van der Waals surface area (Å²) < 4.78 is 32.6. The van der Waals surface area contributed by atoms with E-state index in [0.717, 1.165) is 16.9 Å². The van der Waals surface area contributed by atoms with Gasteiger partial charge in [0.1, 0.15) is 12.4 Å². The van der Waals surface area contributed by atoms with E-state index in [0.29, 0.717) is 24.4 Å². The summed E-state index contributed by atoms with van der Waals surface area (Å²) in [5.74, 6) is 0.501. The van der Waals surface area contributed by atoms with Crippen LogP contribution in [0.1, 0.15) is 21.5 Å². The molecule has 0 aliphatic carbocycles. The first-order chi connectivity index (χ1) is 14.8. The summed E-state index contributed by atoms with van der Waals surface area (Å²) in [6.45, 7) is 4.67. The number of amides is 1. The highest BCUT2D eigenvalue weighted by Gasteiger charge is 2.21. The van der Waals surface area contributed by atoms with Crippen LogP contribution in [0.3, 0.4) is 0 Å². The second-order valence-corrected chi connectivity index (χ2v) is 9.11. The van der Waals surface area contributed by atoms with Gasteiger partial charge in [-0.2, -0.15) is 0 Å². The summed E-state index contributed by atoms with van der Waals surface area (Å²) in [6, 6.07) is 20.5. The van der Waals surface area contributed by atoms with Crippen LogP contribution < -0.4 is 14.4 Å². The Bertz CT molecular complexity index is 1160. The maximum atomic E-state index is 12.8. The van der Waals surface area contributed by atoms with Gasteiger partial charge in [-0.3, -0.25) is 9.10 Å². The molecule has 0 saturated carbocycles. The Labute approximate surface area is 183 Å². The number of carbonyl (C=O) groups is 1. The van der Waals surface area contributed by atoms with E-state index in [1.165, 1.54) is 11.4 Å². The molecule has 0 bridgehead atoms. The van der Waals surface area contributed by atoms with E-state index in [4.69, 9.17) is 4.74 Å². The lowest BCUT2D eigenvalue weighted by Gasteiger charge is -2.20. The Morgan fingerprint density at radius 3 is 2.42 bits per heavy atom. The van der Waals surface area contributed by atoms with Crippen molar-refractivity contribution in [2.45, 2.75) is 18.7 Å². The van der Waals surface area contributed by atoms with Crippen LogP contribution in [0.4, 0.5) is 5.69 Å². The fourth-order valence-corrected chi connectivity index (χ4v) is 4.25. The molecule has 0 fully saturated rings. The van der Waals surface area contributed by atoms with E-state index < -0.39 is 10.0 Å². The quantitative estimate of drug-likeness (QED) is 0.541. The number of hydrogen-bond donors (Lipinski definition) is 1. The minimum Gasteiger partial charge on any atom is -0.491 e. The standard InChI is InChI=1S/C24H26N2O4S/c1-18-9-7-14-23(19(18)2)30-16-15-25-24(27)20-10-8-11-21(17-20)26(3)31(28,29)22-12-5-4-6-13-22/h4-14,17H,15-16H2,1-3H3,(H,25,27). The van der Waals surface area contributed by atoms with Gasteiger partial charge in [-0.05, 0) is 61.4 Å². The number of nitrogens with one attached hydrogen (secondary N) is 1. The topological polar surface area (TPSA) is 75.7 Å². The minimum absolute atomic E-state index is 0.191. The number of anilines is 1. The zero-order valence-corrected chi connectivity index (χ0v) is 18.6. The van der Waals surface area contributed by atoms with Gasteiger partial charge in [-0.1, -0.05) is 36.4 Å². The highest BCUT2D eigenvalue weighted by atomic mass is 32.2. The Morgan fingerprint density at radius 2 is 1.68 bits per heavy atom. The number of hydrogen-bond acceptors (Lipinski definition) is 4. The Kier molecular flexibility index (Phi) is 6.97. The Balaban J connectivity index is 1.63. The largest absolute Gasteiger partial charge is 0.491 e. The highest BCUT2D eigenvalue weighted by molar-refractivity contribution is 7.92. The van der Waals surface area contributed by atoms with Crippen molar-refractivity contribution in [1.29, 1.82) is 0 Å². The van der Waals surface area contributed by atoms with Crippen molar-refractivity contribution in [2.75, 3.05) is 24.5 Å². The van der Waals surface area contributed by atoms with Gasteiger partial charge in [0.25, 0.3) is 15.9 Å². The monoisotopic (exact) mass is 438 g/mol. The SMILES string of the molecule is Cc1cccc(OCCNC(=O)c2cccc(N(C)S(=O)(=O)c3ccccc3)c2)c1C. The molecule has 7 heteroatoms. The fourth-order valence-electron chi connectivity index (χ4n) is 3.04. The van der Waals surface area contributed by atoms with Crippen molar-refractivity contribution >= 4 is 21.6 Å². The molecule has 31 heavy (non-hydrogen) atoms. The summed E-state index contributed by atoms with van der Waals surface area (Å²) >= 11 is 0. The van der Waals surface area contributed by atoms with Crippen LogP contribution in [0.15, 0.2) is 77.7 Å². The van der Waals surface area contributed by atoms with E-state index in [-0.39, 0.29) is 10.8 Å². The molecule has 3 rings (SSSR count). The predicted octanol–water partition coefficient (Wildman–Crippen LogP) is 3.94. The molecule has 0 radical (unpaired) electrons. The third-order valence-electron chi connectivity index (χ3n) is 5.07. The van der Waals surface area contributed by atoms with E-state index in [1.54, 1.807) is 54.6 Å². The lowest BCUT2D eigenvalue weighted by Crippen LogP contribution is -2.29. The lowest BCUT2D eigenvalue weighted by atomic mass is 10.1. The maximum absolute atomic E-state index is 12.8. The number of sulfonamides is 1. The molecule has 3 aromatic carbocycles. The summed E-state index contributed by atoms with van der Waals surface area (Å²) in [5, 5.41) is 2.81. The molecule has 1 N–H and O–H groups in total. The maximum Gasteiger partial charge on any atom is 0.264 e. The first kappa shape index (κ1) is 22.4. The number of benzene rings is 3. The molecule has 0 aromatic heterocycles. The van der Waals surface area contributed by atoms with Crippen molar-refractivity contribution in [3.8, 4) is 5.75 Å². The average Bonchev–Trinajstić information content (AvgIpc) is 2.79. The van der Waals surface area contributed by atoms with Gasteiger partial charge >= 0.3 is 0 Å². The molecule has 0 aliphatic heterocycles. The van der Waals surface area contributed by atoms with Gasteiger partial charge in [0.05, 0.1) is 17.1 Å². The third kappa shape index (κ3) is 5.24. The van der Waals surface area contributed by atoms with Crippen LogP contribution in [0.5, 0.6) is 5.75 Å². The van der Waals surface area contributed by atoms with E-state index in [2.05, 4.69) is 5.32 Å².